The van der Waals surface area contributed by atoms with Gasteiger partial charge in [-0.3, -0.25) is 9.59 Å². The van der Waals surface area contributed by atoms with E-state index in [1.165, 1.54) is 21.8 Å². The number of hydrogen-bond acceptors (Lipinski definition) is 4. The predicted molar refractivity (Wildman–Crippen MR) is 129 cm³/mol. The number of hydrogen-bond donors (Lipinski definition) is 1. The summed E-state index contributed by atoms with van der Waals surface area (Å²) in [5.41, 5.74) is 3.95. The number of imide groups is 1. The van der Waals surface area contributed by atoms with Crippen LogP contribution in [0.25, 0.3) is 5.57 Å². The van der Waals surface area contributed by atoms with Gasteiger partial charge in [0.15, 0.2) is 0 Å². The molecule has 6 heteroatoms. The van der Waals surface area contributed by atoms with E-state index >= 15 is 0 Å². The summed E-state index contributed by atoms with van der Waals surface area (Å²) in [4.78, 5) is 28.7. The largest absolute Gasteiger partial charge is 0.350 e. The first-order chi connectivity index (χ1) is 14.7. The molecule has 1 aliphatic heterocycles. The number of carbonyl (C=O) groups excluding carboxylic acids is 2. The molecular weight excluding hydrogens is 428 g/mol. The molecule has 4 rings (SSSR count). The van der Waals surface area contributed by atoms with Crippen LogP contribution in [0.4, 0.5) is 11.4 Å². The lowest BCUT2D eigenvalue weighted by Crippen LogP contribution is -2.32. The number of aryl methyl sites for hydroxylation is 1. The molecule has 158 valence electrons. The van der Waals surface area contributed by atoms with Gasteiger partial charge in [0.2, 0.25) is 0 Å². The lowest BCUT2D eigenvalue weighted by Gasteiger charge is -2.19. The summed E-state index contributed by atoms with van der Waals surface area (Å²) in [6.07, 6.45) is 0. The van der Waals surface area contributed by atoms with Crippen molar-refractivity contribution in [3.63, 3.8) is 0 Å². The van der Waals surface area contributed by atoms with Gasteiger partial charge >= 0.3 is 0 Å². The number of thiophene rings is 1. The van der Waals surface area contributed by atoms with Crippen molar-refractivity contribution in [3.05, 3.63) is 86.7 Å². The van der Waals surface area contributed by atoms with E-state index in [-0.39, 0.29) is 17.0 Å². The number of anilines is 2. The lowest BCUT2D eigenvalue weighted by molar-refractivity contribution is -0.120. The highest BCUT2D eigenvalue weighted by Gasteiger charge is 2.40. The maximum absolute atomic E-state index is 13.4. The van der Waals surface area contributed by atoms with E-state index in [2.05, 4.69) is 26.1 Å². The van der Waals surface area contributed by atoms with Crippen LogP contribution >= 0.6 is 22.9 Å². The monoisotopic (exact) mass is 450 g/mol. The Morgan fingerprint density at radius 1 is 0.968 bits per heavy atom. The summed E-state index contributed by atoms with van der Waals surface area (Å²) in [5, 5.41) is 5.60. The van der Waals surface area contributed by atoms with Crippen LogP contribution in [0.1, 0.15) is 36.8 Å². The van der Waals surface area contributed by atoms with Gasteiger partial charge in [0.05, 0.1) is 11.3 Å². The van der Waals surface area contributed by atoms with Gasteiger partial charge in [-0.15, -0.1) is 11.3 Å². The number of halogens is 1. The minimum atomic E-state index is -0.395. The van der Waals surface area contributed by atoms with Crippen LogP contribution in [0.15, 0.2) is 65.7 Å². The van der Waals surface area contributed by atoms with E-state index in [1.54, 1.807) is 18.2 Å². The number of amides is 2. The molecule has 4 nitrogen and oxygen atoms in total. The van der Waals surface area contributed by atoms with Crippen molar-refractivity contribution in [2.24, 2.45) is 0 Å². The average molecular weight is 451 g/mol. The molecule has 31 heavy (non-hydrogen) atoms. The third kappa shape index (κ3) is 4.03. The fourth-order valence-electron chi connectivity index (χ4n) is 3.45. The first-order valence-corrected chi connectivity index (χ1v) is 11.2. The van der Waals surface area contributed by atoms with Crippen LogP contribution in [-0.2, 0) is 15.0 Å². The van der Waals surface area contributed by atoms with Crippen molar-refractivity contribution in [3.8, 4) is 0 Å². The fraction of sp³-hybridized carbons (Fsp3) is 0.200. The highest BCUT2D eigenvalue weighted by Crippen LogP contribution is 2.36. The second kappa shape index (κ2) is 7.98. The van der Waals surface area contributed by atoms with E-state index in [9.17, 15) is 9.59 Å². The predicted octanol–water partition coefficient (Wildman–Crippen LogP) is 6.40. The third-order valence-electron chi connectivity index (χ3n) is 5.29. The quantitative estimate of drug-likeness (QED) is 0.467. The molecule has 0 spiro atoms. The molecule has 1 aliphatic rings. The van der Waals surface area contributed by atoms with E-state index in [4.69, 9.17) is 11.6 Å². The van der Waals surface area contributed by atoms with E-state index in [1.807, 2.05) is 48.7 Å². The fourth-order valence-corrected chi connectivity index (χ4v) is 4.39. The van der Waals surface area contributed by atoms with Gasteiger partial charge in [0, 0.05) is 15.6 Å². The van der Waals surface area contributed by atoms with E-state index in [0.29, 0.717) is 16.3 Å². The van der Waals surface area contributed by atoms with Crippen LogP contribution in [0.5, 0.6) is 0 Å². The van der Waals surface area contributed by atoms with Crippen molar-refractivity contribution in [1.82, 2.24) is 0 Å². The zero-order chi connectivity index (χ0) is 22.3. The number of rotatable bonds is 4. The van der Waals surface area contributed by atoms with Crippen molar-refractivity contribution in [1.29, 1.82) is 0 Å². The Morgan fingerprint density at radius 2 is 1.68 bits per heavy atom. The lowest BCUT2D eigenvalue weighted by atomic mass is 9.87. The van der Waals surface area contributed by atoms with Crippen LogP contribution < -0.4 is 10.2 Å². The molecule has 0 saturated heterocycles. The Morgan fingerprint density at radius 3 is 2.26 bits per heavy atom. The van der Waals surface area contributed by atoms with Crippen LogP contribution in [-0.4, -0.2) is 11.8 Å². The average Bonchev–Trinajstić information content (AvgIpc) is 3.31. The van der Waals surface area contributed by atoms with Crippen molar-refractivity contribution >= 4 is 51.7 Å². The third-order valence-corrected chi connectivity index (χ3v) is 6.58. The second-order valence-electron chi connectivity index (χ2n) is 8.56. The van der Waals surface area contributed by atoms with Crippen LogP contribution in [0.3, 0.4) is 0 Å². The van der Waals surface area contributed by atoms with Crippen molar-refractivity contribution in [2.45, 2.75) is 33.1 Å². The first kappa shape index (κ1) is 21.3. The molecule has 0 saturated carbocycles. The Balaban J connectivity index is 1.74. The molecule has 0 fully saturated rings. The van der Waals surface area contributed by atoms with Gasteiger partial charge < -0.3 is 5.32 Å². The maximum Gasteiger partial charge on any atom is 0.282 e. The second-order valence-corrected chi connectivity index (χ2v) is 9.91. The summed E-state index contributed by atoms with van der Waals surface area (Å²) in [5.74, 6) is -0.755. The molecule has 3 aromatic rings. The molecule has 0 aliphatic carbocycles. The molecule has 1 N–H and O–H groups in total. The van der Waals surface area contributed by atoms with Gasteiger partial charge in [-0.1, -0.05) is 56.6 Å². The Hall–Kier alpha value is -2.89. The smallest absolute Gasteiger partial charge is 0.282 e. The molecule has 2 amide bonds. The summed E-state index contributed by atoms with van der Waals surface area (Å²) >= 11 is 7.69. The summed E-state index contributed by atoms with van der Waals surface area (Å²) in [7, 11) is 0. The number of nitrogens with one attached hydrogen (secondary N) is 1. The molecule has 2 aromatic carbocycles. The highest BCUT2D eigenvalue weighted by atomic mass is 35.5. The Kier molecular flexibility index (Phi) is 5.50. The van der Waals surface area contributed by atoms with Crippen LogP contribution in [0.2, 0.25) is 5.02 Å². The minimum Gasteiger partial charge on any atom is -0.350 e. The maximum atomic E-state index is 13.4. The zero-order valence-electron chi connectivity index (χ0n) is 17.8. The summed E-state index contributed by atoms with van der Waals surface area (Å²) in [6.45, 7) is 8.33. The molecule has 0 bridgehead atoms. The highest BCUT2D eigenvalue weighted by molar-refractivity contribution is 7.11. The van der Waals surface area contributed by atoms with Crippen molar-refractivity contribution < 1.29 is 9.59 Å². The molecule has 0 atom stereocenters. The first-order valence-electron chi connectivity index (χ1n) is 9.97. The van der Waals surface area contributed by atoms with Gasteiger partial charge in [0.1, 0.15) is 5.70 Å². The number of nitrogens with zero attached hydrogens (tertiary/aromatic N) is 1. The summed E-state index contributed by atoms with van der Waals surface area (Å²) in [6, 6.07) is 16.8. The minimum absolute atomic E-state index is 0.0284. The van der Waals surface area contributed by atoms with Gasteiger partial charge in [-0.25, -0.2) is 4.90 Å². The zero-order valence-corrected chi connectivity index (χ0v) is 19.4. The molecule has 1 aromatic heterocycles. The van der Waals surface area contributed by atoms with Gasteiger partial charge in [-0.2, -0.15) is 0 Å². The molecule has 0 unspecified atom stereocenters. The molecule has 0 radical (unpaired) electrons. The standard InChI is InChI=1S/C25H23ClN2O2S/c1-15-7-12-18(14-19(15)26)28-23(29)21(20-6-5-13-31-20)22(24(28)30)27-17-10-8-16(9-11-17)25(2,3)4/h5-14,27H,1-4H3. The number of carbonyl (C=O) groups is 2. The van der Waals surface area contributed by atoms with E-state index < -0.39 is 5.91 Å². The topological polar surface area (TPSA) is 49.4 Å². The van der Waals surface area contributed by atoms with Crippen LogP contribution in [0, 0.1) is 6.92 Å². The Bertz CT molecular complexity index is 1190. The van der Waals surface area contributed by atoms with E-state index in [0.717, 1.165) is 16.1 Å². The SMILES string of the molecule is Cc1ccc(N2C(=O)C(Nc3ccc(C(C)(C)C)cc3)=C(c3cccs3)C2=O)cc1Cl. The molecule has 2 heterocycles. The number of benzene rings is 2. The molecular formula is C25H23ClN2O2S. The van der Waals surface area contributed by atoms with Gasteiger partial charge in [-0.05, 0) is 59.2 Å². The summed E-state index contributed by atoms with van der Waals surface area (Å²) < 4.78 is 0. The normalized spacial score (nSPS) is 14.5. The Labute approximate surface area is 191 Å². The van der Waals surface area contributed by atoms with Crippen molar-refractivity contribution in [2.75, 3.05) is 10.2 Å². The van der Waals surface area contributed by atoms with Gasteiger partial charge in [0.25, 0.3) is 11.8 Å².